The van der Waals surface area contributed by atoms with Crippen LogP contribution in [0.1, 0.15) is 23.2 Å². The van der Waals surface area contributed by atoms with Crippen molar-refractivity contribution in [2.45, 2.75) is 17.7 Å². The van der Waals surface area contributed by atoms with Crippen molar-refractivity contribution >= 4 is 48.8 Å². The van der Waals surface area contributed by atoms with E-state index >= 15 is 0 Å². The number of rotatable bonds is 4. The van der Waals surface area contributed by atoms with Gasteiger partial charge in [-0.25, -0.2) is 13.4 Å². The summed E-state index contributed by atoms with van der Waals surface area (Å²) in [4.78, 5) is 20.1. The van der Waals surface area contributed by atoms with Crippen LogP contribution >= 0.6 is 15.9 Å². The monoisotopic (exact) mass is 448 g/mol. The molecule has 1 aromatic heterocycles. The van der Waals surface area contributed by atoms with Gasteiger partial charge in [0.1, 0.15) is 0 Å². The second-order valence-electron chi connectivity index (χ2n) is 6.31. The average Bonchev–Trinajstić information content (AvgIpc) is 3.31. The number of carbonyl (C=O) groups excluding carboxylic acids is 1. The largest absolute Gasteiger partial charge is 0.324 e. The van der Waals surface area contributed by atoms with Crippen LogP contribution in [-0.4, -0.2) is 41.7 Å². The van der Waals surface area contributed by atoms with Gasteiger partial charge in [0.15, 0.2) is 0 Å². The average molecular weight is 449 g/mol. The van der Waals surface area contributed by atoms with Gasteiger partial charge < -0.3 is 4.98 Å². The molecule has 0 bridgehead atoms. The van der Waals surface area contributed by atoms with E-state index in [-0.39, 0.29) is 10.5 Å². The number of hydrogen-bond donors (Lipinski definition) is 2. The standard InChI is InChI=1S/C18H17BrN4O3S/c19-14-8-7-12(27(25,26)23-9-3-4-10-23)11-13(14)17(24)22-18-20-15-5-1-2-6-16(15)21-18/h1-2,5-8,11H,3-4,9-10H2,(H2,20,21,22,24). The maximum absolute atomic E-state index is 12.8. The molecule has 0 unspecified atom stereocenters. The molecule has 27 heavy (non-hydrogen) atoms. The number of imidazole rings is 1. The zero-order chi connectivity index (χ0) is 19.0. The fourth-order valence-electron chi connectivity index (χ4n) is 3.10. The first-order valence-electron chi connectivity index (χ1n) is 8.51. The molecule has 7 nitrogen and oxygen atoms in total. The Balaban J connectivity index is 1.63. The lowest BCUT2D eigenvalue weighted by Gasteiger charge is -2.16. The fourth-order valence-corrected chi connectivity index (χ4v) is 5.07. The van der Waals surface area contributed by atoms with Crippen LogP contribution in [0.25, 0.3) is 11.0 Å². The first-order chi connectivity index (χ1) is 12.9. The van der Waals surface area contributed by atoms with Crippen molar-refractivity contribution in [3.63, 3.8) is 0 Å². The number of aromatic amines is 1. The molecular weight excluding hydrogens is 432 g/mol. The van der Waals surface area contributed by atoms with Crippen LogP contribution in [-0.2, 0) is 10.0 Å². The molecule has 0 aliphatic carbocycles. The van der Waals surface area contributed by atoms with Gasteiger partial charge in [0.25, 0.3) is 5.91 Å². The minimum atomic E-state index is -3.60. The van der Waals surface area contributed by atoms with Gasteiger partial charge in [-0.1, -0.05) is 12.1 Å². The number of H-pyrrole nitrogens is 1. The Bertz CT molecular complexity index is 1090. The Morgan fingerprint density at radius 1 is 1.15 bits per heavy atom. The number of carbonyl (C=O) groups is 1. The summed E-state index contributed by atoms with van der Waals surface area (Å²) >= 11 is 3.33. The maximum atomic E-state index is 12.8. The summed E-state index contributed by atoms with van der Waals surface area (Å²) in [6.45, 7) is 1.03. The highest BCUT2D eigenvalue weighted by Gasteiger charge is 2.28. The number of halogens is 1. The van der Waals surface area contributed by atoms with E-state index in [1.165, 1.54) is 16.4 Å². The molecule has 4 rings (SSSR count). The number of nitrogens with zero attached hydrogens (tertiary/aromatic N) is 2. The molecule has 9 heteroatoms. The number of sulfonamides is 1. The summed E-state index contributed by atoms with van der Waals surface area (Å²) in [7, 11) is -3.60. The van der Waals surface area contributed by atoms with E-state index < -0.39 is 15.9 Å². The van der Waals surface area contributed by atoms with Crippen molar-refractivity contribution in [3.05, 3.63) is 52.5 Å². The molecule has 0 spiro atoms. The van der Waals surface area contributed by atoms with Gasteiger partial charge in [0.2, 0.25) is 16.0 Å². The predicted octanol–water partition coefficient (Wildman–Crippen LogP) is 3.36. The predicted molar refractivity (Wildman–Crippen MR) is 106 cm³/mol. The molecule has 1 aliphatic heterocycles. The van der Waals surface area contributed by atoms with E-state index in [4.69, 9.17) is 0 Å². The van der Waals surface area contributed by atoms with Crippen LogP contribution < -0.4 is 5.32 Å². The molecule has 0 saturated carbocycles. The number of benzene rings is 2. The third-order valence-electron chi connectivity index (χ3n) is 4.51. The fraction of sp³-hybridized carbons (Fsp3) is 0.222. The van der Waals surface area contributed by atoms with Crippen molar-refractivity contribution in [1.29, 1.82) is 0 Å². The van der Waals surface area contributed by atoms with E-state index in [9.17, 15) is 13.2 Å². The van der Waals surface area contributed by atoms with Crippen LogP contribution in [0.3, 0.4) is 0 Å². The summed E-state index contributed by atoms with van der Waals surface area (Å²) in [6.07, 6.45) is 1.71. The van der Waals surface area contributed by atoms with E-state index in [1.807, 2.05) is 24.3 Å². The lowest BCUT2D eigenvalue weighted by Crippen LogP contribution is -2.28. The molecule has 1 fully saturated rings. The van der Waals surface area contributed by atoms with Crippen LogP contribution in [0.15, 0.2) is 51.8 Å². The second kappa shape index (κ2) is 7.06. The molecule has 140 valence electrons. The van der Waals surface area contributed by atoms with Crippen molar-refractivity contribution in [2.75, 3.05) is 18.4 Å². The highest BCUT2D eigenvalue weighted by atomic mass is 79.9. The molecular formula is C18H17BrN4O3S. The van der Waals surface area contributed by atoms with E-state index in [2.05, 4.69) is 31.2 Å². The van der Waals surface area contributed by atoms with E-state index in [0.29, 0.717) is 23.5 Å². The number of para-hydroxylation sites is 2. The normalized spacial score (nSPS) is 15.3. The van der Waals surface area contributed by atoms with Gasteiger partial charge in [-0.05, 0) is 59.1 Å². The first-order valence-corrected chi connectivity index (χ1v) is 10.7. The van der Waals surface area contributed by atoms with Crippen molar-refractivity contribution in [3.8, 4) is 0 Å². The van der Waals surface area contributed by atoms with Crippen LogP contribution in [0.5, 0.6) is 0 Å². The zero-order valence-corrected chi connectivity index (χ0v) is 16.7. The molecule has 0 atom stereocenters. The van der Waals surface area contributed by atoms with Crippen molar-refractivity contribution in [1.82, 2.24) is 14.3 Å². The second-order valence-corrected chi connectivity index (χ2v) is 9.10. The van der Waals surface area contributed by atoms with Gasteiger partial charge in [-0.2, -0.15) is 4.31 Å². The number of hydrogen-bond acceptors (Lipinski definition) is 4. The molecule has 2 heterocycles. The van der Waals surface area contributed by atoms with Crippen LogP contribution in [0, 0.1) is 0 Å². The number of nitrogens with one attached hydrogen (secondary N) is 2. The molecule has 1 aliphatic rings. The highest BCUT2D eigenvalue weighted by Crippen LogP contribution is 2.26. The smallest absolute Gasteiger partial charge is 0.259 e. The van der Waals surface area contributed by atoms with E-state index in [0.717, 1.165) is 23.9 Å². The minimum absolute atomic E-state index is 0.113. The molecule has 1 amide bonds. The Morgan fingerprint density at radius 2 is 1.89 bits per heavy atom. The Kier molecular flexibility index (Phi) is 4.75. The van der Waals surface area contributed by atoms with Crippen molar-refractivity contribution < 1.29 is 13.2 Å². The first kappa shape index (κ1) is 18.1. The molecule has 2 aromatic carbocycles. The third-order valence-corrected chi connectivity index (χ3v) is 7.09. The summed E-state index contributed by atoms with van der Waals surface area (Å²) in [5.41, 5.74) is 1.77. The Morgan fingerprint density at radius 3 is 2.63 bits per heavy atom. The lowest BCUT2D eigenvalue weighted by molar-refractivity contribution is 0.102. The van der Waals surface area contributed by atoms with Gasteiger partial charge in [0, 0.05) is 17.6 Å². The maximum Gasteiger partial charge on any atom is 0.259 e. The number of aromatic nitrogens is 2. The summed E-state index contributed by atoms with van der Waals surface area (Å²) < 4.78 is 27.5. The van der Waals surface area contributed by atoms with Crippen molar-refractivity contribution in [2.24, 2.45) is 0 Å². The number of fused-ring (bicyclic) bond motifs is 1. The van der Waals surface area contributed by atoms with Gasteiger partial charge in [-0.3, -0.25) is 10.1 Å². The van der Waals surface area contributed by atoms with Gasteiger partial charge >= 0.3 is 0 Å². The topological polar surface area (TPSA) is 95.2 Å². The van der Waals surface area contributed by atoms with E-state index in [1.54, 1.807) is 6.07 Å². The van der Waals surface area contributed by atoms with Crippen LogP contribution in [0.4, 0.5) is 5.95 Å². The summed E-state index contributed by atoms with van der Waals surface area (Å²) in [5.74, 6) is -0.139. The molecule has 2 N–H and O–H groups in total. The zero-order valence-electron chi connectivity index (χ0n) is 14.3. The Labute approximate surface area is 165 Å². The summed E-state index contributed by atoms with van der Waals surface area (Å²) in [5, 5.41) is 2.69. The van der Waals surface area contributed by atoms with Gasteiger partial charge in [0.05, 0.1) is 21.5 Å². The highest BCUT2D eigenvalue weighted by molar-refractivity contribution is 9.10. The third kappa shape index (κ3) is 3.50. The number of anilines is 1. The number of amides is 1. The molecule has 1 saturated heterocycles. The van der Waals surface area contributed by atoms with Gasteiger partial charge in [-0.15, -0.1) is 0 Å². The molecule has 0 radical (unpaired) electrons. The minimum Gasteiger partial charge on any atom is -0.324 e. The SMILES string of the molecule is O=C(Nc1nc2ccccc2[nH]1)c1cc(S(=O)(=O)N2CCCC2)ccc1Br. The van der Waals surface area contributed by atoms with Crippen LogP contribution in [0.2, 0.25) is 0 Å². The lowest BCUT2D eigenvalue weighted by atomic mass is 10.2. The quantitative estimate of drug-likeness (QED) is 0.639. The summed E-state index contributed by atoms with van der Waals surface area (Å²) in [6, 6.07) is 11.9. The molecule has 3 aromatic rings. The Hall–Kier alpha value is -2.23.